The molecule has 3 aromatic carbocycles. The van der Waals surface area contributed by atoms with Crippen molar-refractivity contribution in [2.45, 2.75) is 6.42 Å². The second-order valence-corrected chi connectivity index (χ2v) is 6.72. The van der Waals surface area contributed by atoms with Gasteiger partial charge in [-0.05, 0) is 52.4 Å². The summed E-state index contributed by atoms with van der Waals surface area (Å²) in [4.78, 5) is 24.1. The van der Waals surface area contributed by atoms with E-state index >= 15 is 0 Å². The van der Waals surface area contributed by atoms with Crippen LogP contribution < -0.4 is 10.6 Å². The number of hydrogen-bond donors (Lipinski definition) is 2. The molecule has 0 saturated carbocycles. The van der Waals surface area contributed by atoms with Gasteiger partial charge in [-0.15, -0.1) is 0 Å². The number of benzene rings is 3. The third-order valence-electron chi connectivity index (χ3n) is 4.73. The molecule has 4 nitrogen and oxygen atoms in total. The molecule has 0 radical (unpaired) electrons. The average Bonchev–Trinajstić information content (AvgIpc) is 3.09. The minimum Gasteiger partial charge on any atom is -0.343 e. The maximum Gasteiger partial charge on any atom is 0.244 e. The molecule has 4 heteroatoms. The summed E-state index contributed by atoms with van der Waals surface area (Å²) in [7, 11) is 0. The lowest BCUT2D eigenvalue weighted by molar-refractivity contribution is -0.121. The van der Waals surface area contributed by atoms with Gasteiger partial charge in [-0.2, -0.15) is 0 Å². The van der Waals surface area contributed by atoms with Gasteiger partial charge >= 0.3 is 0 Å². The highest BCUT2D eigenvalue weighted by atomic mass is 16.2. The van der Waals surface area contributed by atoms with Crippen molar-refractivity contribution in [3.8, 4) is 11.1 Å². The van der Waals surface area contributed by atoms with E-state index in [2.05, 4.69) is 22.8 Å². The summed E-state index contributed by atoms with van der Waals surface area (Å²) < 4.78 is 0. The lowest BCUT2D eigenvalue weighted by Gasteiger charge is -2.08. The van der Waals surface area contributed by atoms with Crippen LogP contribution in [0.5, 0.6) is 0 Å². The van der Waals surface area contributed by atoms with Crippen molar-refractivity contribution in [2.75, 3.05) is 11.9 Å². The lowest BCUT2D eigenvalue weighted by atomic mass is 10.1. The molecule has 0 spiro atoms. The average molecular weight is 368 g/mol. The fraction of sp³-hybridized carbons (Fsp3) is 0.0833. The van der Waals surface area contributed by atoms with Crippen molar-refractivity contribution in [3.63, 3.8) is 0 Å². The number of fused-ring (bicyclic) bond motifs is 3. The molecule has 0 saturated heterocycles. The van der Waals surface area contributed by atoms with E-state index in [0.717, 1.165) is 23.2 Å². The number of nitrogens with one attached hydrogen (secondary N) is 2. The van der Waals surface area contributed by atoms with Crippen molar-refractivity contribution in [2.24, 2.45) is 0 Å². The minimum absolute atomic E-state index is 0.0777. The number of hydrogen-bond acceptors (Lipinski definition) is 2. The Morgan fingerprint density at radius 3 is 2.46 bits per heavy atom. The number of rotatable bonds is 5. The fourth-order valence-electron chi connectivity index (χ4n) is 3.37. The molecule has 0 bridgehead atoms. The van der Waals surface area contributed by atoms with Gasteiger partial charge < -0.3 is 10.6 Å². The largest absolute Gasteiger partial charge is 0.343 e. The van der Waals surface area contributed by atoms with Gasteiger partial charge in [0.25, 0.3) is 0 Å². The van der Waals surface area contributed by atoms with Gasteiger partial charge in [0.1, 0.15) is 0 Å². The lowest BCUT2D eigenvalue weighted by Crippen LogP contribution is -2.31. The Balaban J connectivity index is 1.34. The van der Waals surface area contributed by atoms with Crippen LogP contribution in [-0.2, 0) is 16.0 Å². The van der Waals surface area contributed by atoms with Gasteiger partial charge in [0, 0.05) is 11.8 Å². The standard InChI is InChI=1S/C24H20N2O2/c27-23(13-10-17-6-2-1-3-7-17)25-16-24(28)26-20-12-11-19-14-18-8-4-5-9-21(18)22(19)15-20/h1-13,15H,14,16H2,(H,25,27)(H,26,28)/b13-10+. The van der Waals surface area contributed by atoms with E-state index in [4.69, 9.17) is 0 Å². The third kappa shape index (κ3) is 4.01. The van der Waals surface area contributed by atoms with Crippen LogP contribution in [0.15, 0.2) is 78.9 Å². The van der Waals surface area contributed by atoms with Gasteiger partial charge in [0.2, 0.25) is 11.8 Å². The van der Waals surface area contributed by atoms with E-state index in [9.17, 15) is 9.59 Å². The van der Waals surface area contributed by atoms with Gasteiger partial charge in [-0.25, -0.2) is 0 Å². The van der Waals surface area contributed by atoms with Crippen LogP contribution in [0, 0.1) is 0 Å². The van der Waals surface area contributed by atoms with Crippen LogP contribution in [0.4, 0.5) is 5.69 Å². The van der Waals surface area contributed by atoms with Crippen LogP contribution in [0.3, 0.4) is 0 Å². The molecule has 0 aliphatic heterocycles. The van der Waals surface area contributed by atoms with E-state index in [0.29, 0.717) is 0 Å². The SMILES string of the molecule is O=C(/C=C/c1ccccc1)NCC(=O)Nc1ccc2c(c1)-c1ccccc1C2. The van der Waals surface area contributed by atoms with Gasteiger partial charge in [-0.1, -0.05) is 60.7 Å². The van der Waals surface area contributed by atoms with E-state index in [1.165, 1.54) is 22.8 Å². The molecule has 0 aromatic heterocycles. The van der Waals surface area contributed by atoms with Crippen molar-refractivity contribution in [1.82, 2.24) is 5.32 Å². The monoisotopic (exact) mass is 368 g/mol. The molecule has 3 aromatic rings. The first-order valence-electron chi connectivity index (χ1n) is 9.21. The van der Waals surface area contributed by atoms with E-state index in [1.807, 2.05) is 60.7 Å². The summed E-state index contributed by atoms with van der Waals surface area (Å²) in [6.07, 6.45) is 4.06. The Kier molecular flexibility index (Phi) is 5.02. The maximum absolute atomic E-state index is 12.2. The normalized spacial score (nSPS) is 11.7. The quantitative estimate of drug-likeness (QED) is 0.523. The summed E-state index contributed by atoms with van der Waals surface area (Å²) in [6, 6.07) is 23.8. The summed E-state index contributed by atoms with van der Waals surface area (Å²) >= 11 is 0. The van der Waals surface area contributed by atoms with Crippen molar-refractivity contribution in [3.05, 3.63) is 95.6 Å². The maximum atomic E-state index is 12.2. The summed E-state index contributed by atoms with van der Waals surface area (Å²) in [5.74, 6) is -0.561. The highest BCUT2D eigenvalue weighted by Crippen LogP contribution is 2.37. The molecule has 0 heterocycles. The van der Waals surface area contributed by atoms with Gasteiger partial charge in [0.05, 0.1) is 6.54 Å². The molecular weight excluding hydrogens is 348 g/mol. The first kappa shape index (κ1) is 17.7. The molecule has 2 N–H and O–H groups in total. The van der Waals surface area contributed by atoms with Crippen LogP contribution in [0.2, 0.25) is 0 Å². The van der Waals surface area contributed by atoms with E-state index in [1.54, 1.807) is 6.08 Å². The topological polar surface area (TPSA) is 58.2 Å². The molecule has 0 unspecified atom stereocenters. The Bertz CT molecular complexity index is 1060. The Morgan fingerprint density at radius 1 is 0.857 bits per heavy atom. The minimum atomic E-state index is -0.304. The van der Waals surface area contributed by atoms with Crippen molar-refractivity contribution < 1.29 is 9.59 Å². The molecule has 2 amide bonds. The molecular formula is C24H20N2O2. The van der Waals surface area contributed by atoms with E-state index < -0.39 is 0 Å². The summed E-state index contributed by atoms with van der Waals surface area (Å²) in [5, 5.41) is 5.46. The summed E-state index contributed by atoms with van der Waals surface area (Å²) in [5.41, 5.74) is 6.60. The highest BCUT2D eigenvalue weighted by Gasteiger charge is 2.18. The Hall–Kier alpha value is -3.66. The smallest absolute Gasteiger partial charge is 0.244 e. The first-order valence-corrected chi connectivity index (χ1v) is 9.21. The fourth-order valence-corrected chi connectivity index (χ4v) is 3.37. The predicted octanol–water partition coefficient (Wildman–Crippen LogP) is 4.03. The third-order valence-corrected chi connectivity index (χ3v) is 4.73. The Morgan fingerprint density at radius 2 is 1.61 bits per heavy atom. The molecule has 0 fully saturated rings. The summed E-state index contributed by atoms with van der Waals surface area (Å²) in [6.45, 7) is -0.0777. The number of amides is 2. The predicted molar refractivity (Wildman–Crippen MR) is 112 cm³/mol. The Labute approximate surface area is 163 Å². The molecule has 28 heavy (non-hydrogen) atoms. The van der Waals surface area contributed by atoms with Crippen LogP contribution in [-0.4, -0.2) is 18.4 Å². The second-order valence-electron chi connectivity index (χ2n) is 6.72. The molecule has 4 rings (SSSR count). The van der Waals surface area contributed by atoms with Crippen LogP contribution in [0.1, 0.15) is 16.7 Å². The highest BCUT2D eigenvalue weighted by molar-refractivity contribution is 5.98. The number of anilines is 1. The van der Waals surface area contributed by atoms with E-state index in [-0.39, 0.29) is 18.4 Å². The molecule has 1 aliphatic carbocycles. The number of carbonyl (C=O) groups excluding carboxylic acids is 2. The van der Waals surface area contributed by atoms with Crippen LogP contribution >= 0.6 is 0 Å². The first-order chi connectivity index (χ1) is 13.7. The van der Waals surface area contributed by atoms with Crippen molar-refractivity contribution in [1.29, 1.82) is 0 Å². The van der Waals surface area contributed by atoms with Gasteiger partial charge in [-0.3, -0.25) is 9.59 Å². The van der Waals surface area contributed by atoms with Crippen molar-refractivity contribution >= 4 is 23.6 Å². The molecule has 1 aliphatic rings. The van der Waals surface area contributed by atoms with Crippen LogP contribution in [0.25, 0.3) is 17.2 Å². The zero-order valence-corrected chi connectivity index (χ0v) is 15.3. The second kappa shape index (κ2) is 7.92. The van der Waals surface area contributed by atoms with Gasteiger partial charge in [0.15, 0.2) is 0 Å². The molecule has 0 atom stereocenters. The zero-order chi connectivity index (χ0) is 19.3. The molecule has 138 valence electrons. The zero-order valence-electron chi connectivity index (χ0n) is 15.3. The number of carbonyl (C=O) groups is 2.